The highest BCUT2D eigenvalue weighted by molar-refractivity contribution is 5.39. The van der Waals surface area contributed by atoms with Gasteiger partial charge in [0.25, 0.3) is 5.69 Å². The molecule has 0 aliphatic rings. The van der Waals surface area contributed by atoms with Crippen LogP contribution in [0.3, 0.4) is 0 Å². The molecular formula is C24H38N2O2. The molecule has 2 aromatic rings. The smallest absolute Gasteiger partial charge is 0.269 e. The largest absolute Gasteiger partial charge is 0.399 e. The molecule has 0 amide bonds. The molecule has 28 heavy (non-hydrogen) atoms. The van der Waals surface area contributed by atoms with Gasteiger partial charge in [-0.15, -0.1) is 0 Å². The number of anilines is 1. The molecule has 0 atom stereocenters. The zero-order valence-electron chi connectivity index (χ0n) is 18.9. The van der Waals surface area contributed by atoms with Crippen molar-refractivity contribution in [3.05, 3.63) is 69.8 Å². The zero-order valence-corrected chi connectivity index (χ0v) is 18.9. The third-order valence-corrected chi connectivity index (χ3v) is 3.60. The highest BCUT2D eigenvalue weighted by atomic mass is 16.6. The van der Waals surface area contributed by atoms with E-state index in [1.54, 1.807) is 12.1 Å². The van der Waals surface area contributed by atoms with Crippen molar-refractivity contribution in [3.8, 4) is 0 Å². The maximum atomic E-state index is 10.4. The third-order valence-electron chi connectivity index (χ3n) is 3.60. The first-order valence-electron chi connectivity index (χ1n) is 9.93. The molecule has 0 unspecified atom stereocenters. The zero-order chi connectivity index (χ0) is 22.0. The summed E-state index contributed by atoms with van der Waals surface area (Å²) in [5, 5.41) is 10.4. The van der Waals surface area contributed by atoms with Gasteiger partial charge in [0.2, 0.25) is 0 Å². The fourth-order valence-electron chi connectivity index (χ4n) is 2.60. The van der Waals surface area contributed by atoms with Crippen LogP contribution in [0, 0.1) is 20.9 Å². The minimum atomic E-state index is -0.374. The molecule has 0 saturated heterocycles. The van der Waals surface area contributed by atoms with Crippen molar-refractivity contribution in [2.75, 3.05) is 5.73 Å². The molecule has 0 bridgehead atoms. The molecule has 2 aromatic carbocycles. The summed E-state index contributed by atoms with van der Waals surface area (Å²) in [6.45, 7) is 17.2. The van der Waals surface area contributed by atoms with E-state index in [4.69, 9.17) is 5.73 Å². The number of hydrogen-bond donors (Lipinski definition) is 1. The average molecular weight is 387 g/mol. The molecule has 4 heteroatoms. The van der Waals surface area contributed by atoms with Gasteiger partial charge in [-0.2, -0.15) is 0 Å². The van der Waals surface area contributed by atoms with E-state index >= 15 is 0 Å². The normalized spacial score (nSPS) is 10.9. The van der Waals surface area contributed by atoms with Crippen LogP contribution in [-0.4, -0.2) is 4.92 Å². The molecule has 2 rings (SSSR count). The van der Waals surface area contributed by atoms with Gasteiger partial charge in [-0.3, -0.25) is 10.1 Å². The summed E-state index contributed by atoms with van der Waals surface area (Å²) in [4.78, 5) is 10.0. The Kier molecular flexibility index (Phi) is 10.5. The molecule has 0 heterocycles. The van der Waals surface area contributed by atoms with E-state index in [9.17, 15) is 10.1 Å². The van der Waals surface area contributed by atoms with Crippen LogP contribution in [0.1, 0.15) is 66.5 Å². The number of nitrogen functional groups attached to an aromatic ring is 1. The molecule has 156 valence electrons. The molecule has 0 aromatic heterocycles. The lowest BCUT2D eigenvalue weighted by atomic mass is 9.88. The van der Waals surface area contributed by atoms with Gasteiger partial charge in [0.1, 0.15) is 0 Å². The average Bonchev–Trinajstić information content (AvgIpc) is 2.57. The quantitative estimate of drug-likeness (QED) is 0.348. The van der Waals surface area contributed by atoms with Crippen LogP contribution >= 0.6 is 0 Å². The van der Waals surface area contributed by atoms with Crippen molar-refractivity contribution in [1.29, 1.82) is 0 Å². The summed E-state index contributed by atoms with van der Waals surface area (Å²) in [6.07, 6.45) is 2.04. The van der Waals surface area contributed by atoms with Crippen molar-refractivity contribution in [2.24, 2.45) is 10.8 Å². The topological polar surface area (TPSA) is 69.2 Å². The summed E-state index contributed by atoms with van der Waals surface area (Å²) >= 11 is 0. The number of hydrogen-bond acceptors (Lipinski definition) is 3. The van der Waals surface area contributed by atoms with Crippen LogP contribution in [-0.2, 0) is 12.8 Å². The minimum Gasteiger partial charge on any atom is -0.399 e. The highest BCUT2D eigenvalue weighted by Gasteiger charge is 2.12. The summed E-state index contributed by atoms with van der Waals surface area (Å²) in [7, 11) is 0. The van der Waals surface area contributed by atoms with E-state index < -0.39 is 0 Å². The first-order valence-corrected chi connectivity index (χ1v) is 9.93. The SMILES string of the molecule is CC.CC(C)(C)Cc1ccc(N)cc1.CC(C)(C)Cc1ccc([N+](=O)[O-])cc1. The second-order valence-corrected chi connectivity index (χ2v) is 9.14. The van der Waals surface area contributed by atoms with E-state index in [1.807, 2.05) is 38.1 Å². The highest BCUT2D eigenvalue weighted by Crippen LogP contribution is 2.22. The van der Waals surface area contributed by atoms with Crippen molar-refractivity contribution in [2.45, 2.75) is 68.2 Å². The fourth-order valence-corrected chi connectivity index (χ4v) is 2.60. The van der Waals surface area contributed by atoms with Crippen LogP contribution in [0.25, 0.3) is 0 Å². The lowest BCUT2D eigenvalue weighted by Gasteiger charge is -2.17. The Hall–Kier alpha value is -2.36. The summed E-state index contributed by atoms with van der Waals surface area (Å²) in [5.41, 5.74) is 9.66. The Labute approximate surface area is 171 Å². The first-order chi connectivity index (χ1) is 12.9. The van der Waals surface area contributed by atoms with Crippen LogP contribution in [0.4, 0.5) is 11.4 Å². The second-order valence-electron chi connectivity index (χ2n) is 9.14. The molecule has 0 saturated carbocycles. The number of nitrogens with zero attached hydrogens (tertiary/aromatic N) is 1. The van der Waals surface area contributed by atoms with Crippen LogP contribution in [0.5, 0.6) is 0 Å². The number of nitro benzene ring substituents is 1. The standard InChI is InChI=1S/C11H15NO2.C11H17N.C2H6/c1-11(2,3)8-9-4-6-10(7-5-9)12(13)14;1-11(2,3)8-9-4-6-10(12)7-5-9;1-2/h4-7H,8H2,1-3H3;4-7H,8,12H2,1-3H3;1-2H3. The molecule has 0 spiro atoms. The summed E-state index contributed by atoms with van der Waals surface area (Å²) in [5.74, 6) is 0. The van der Waals surface area contributed by atoms with E-state index in [-0.39, 0.29) is 16.0 Å². The molecule has 0 fully saturated rings. The maximum absolute atomic E-state index is 10.4. The third kappa shape index (κ3) is 12.1. The molecule has 0 aliphatic heterocycles. The minimum absolute atomic E-state index is 0.155. The summed E-state index contributed by atoms with van der Waals surface area (Å²) < 4.78 is 0. The van der Waals surface area contributed by atoms with Crippen LogP contribution in [0.15, 0.2) is 48.5 Å². The van der Waals surface area contributed by atoms with Gasteiger partial charge in [-0.25, -0.2) is 0 Å². The first kappa shape index (κ1) is 25.6. The van der Waals surface area contributed by atoms with Gasteiger partial charge in [0.15, 0.2) is 0 Å². The van der Waals surface area contributed by atoms with Gasteiger partial charge < -0.3 is 5.73 Å². The van der Waals surface area contributed by atoms with E-state index in [1.165, 1.54) is 5.56 Å². The van der Waals surface area contributed by atoms with Gasteiger partial charge in [0.05, 0.1) is 4.92 Å². The predicted octanol–water partition coefficient (Wildman–Crippen LogP) is 7.07. The Balaban J connectivity index is 0.000000483. The van der Waals surface area contributed by atoms with E-state index in [2.05, 4.69) is 53.7 Å². The van der Waals surface area contributed by atoms with Crippen molar-refractivity contribution >= 4 is 11.4 Å². The molecule has 0 aliphatic carbocycles. The Morgan fingerprint density at radius 1 is 0.750 bits per heavy atom. The van der Waals surface area contributed by atoms with Gasteiger partial charge >= 0.3 is 0 Å². The lowest BCUT2D eigenvalue weighted by molar-refractivity contribution is -0.384. The second kappa shape index (κ2) is 11.5. The van der Waals surface area contributed by atoms with Crippen molar-refractivity contribution in [1.82, 2.24) is 0 Å². The molecular weight excluding hydrogens is 348 g/mol. The van der Waals surface area contributed by atoms with E-state index in [0.29, 0.717) is 5.41 Å². The Morgan fingerprint density at radius 2 is 1.07 bits per heavy atom. The number of benzene rings is 2. The number of non-ortho nitro benzene ring substituents is 1. The van der Waals surface area contributed by atoms with Crippen LogP contribution < -0.4 is 5.73 Å². The van der Waals surface area contributed by atoms with Gasteiger partial charge in [0, 0.05) is 17.8 Å². The number of nitrogens with two attached hydrogens (primary N) is 1. The number of rotatable bonds is 3. The van der Waals surface area contributed by atoms with Gasteiger partial charge in [-0.05, 0) is 46.9 Å². The summed E-state index contributed by atoms with van der Waals surface area (Å²) in [6, 6.07) is 14.9. The Morgan fingerprint density at radius 3 is 1.36 bits per heavy atom. The predicted molar refractivity (Wildman–Crippen MR) is 122 cm³/mol. The van der Waals surface area contributed by atoms with Gasteiger partial charge in [-0.1, -0.05) is 79.7 Å². The number of nitro groups is 1. The Bertz CT molecular complexity index is 691. The maximum Gasteiger partial charge on any atom is 0.269 e. The molecule has 0 radical (unpaired) electrons. The van der Waals surface area contributed by atoms with Crippen LogP contribution in [0.2, 0.25) is 0 Å². The molecule has 2 N–H and O–H groups in total. The lowest BCUT2D eigenvalue weighted by Crippen LogP contribution is -2.08. The van der Waals surface area contributed by atoms with Crippen molar-refractivity contribution < 1.29 is 4.92 Å². The fraction of sp³-hybridized carbons (Fsp3) is 0.500. The monoisotopic (exact) mass is 386 g/mol. The molecule has 4 nitrogen and oxygen atoms in total. The van der Waals surface area contributed by atoms with E-state index in [0.717, 1.165) is 24.1 Å². The van der Waals surface area contributed by atoms with Crippen molar-refractivity contribution in [3.63, 3.8) is 0 Å².